The van der Waals surface area contributed by atoms with Crippen LogP contribution in [-0.2, 0) is 13.0 Å². The Labute approximate surface area is 97.6 Å². The fourth-order valence-corrected chi connectivity index (χ4v) is 2.30. The fourth-order valence-electron chi connectivity index (χ4n) is 2.30. The maximum atomic E-state index is 5.72. The molecule has 1 aliphatic rings. The van der Waals surface area contributed by atoms with E-state index < -0.39 is 0 Å². The van der Waals surface area contributed by atoms with Gasteiger partial charge >= 0.3 is 0 Å². The minimum Gasteiger partial charge on any atom is -0.465 e. The number of nitrogens with two attached hydrogens (primary N) is 1. The lowest BCUT2D eigenvalue weighted by molar-refractivity contribution is 0.168. The topological polar surface area (TPSA) is 42.4 Å². The molecule has 0 aromatic carbocycles. The lowest BCUT2D eigenvalue weighted by Gasteiger charge is -2.30. The zero-order valence-electron chi connectivity index (χ0n) is 10.1. The molecule has 3 nitrogen and oxygen atoms in total. The summed E-state index contributed by atoms with van der Waals surface area (Å²) in [6, 6.07) is 4.19. The van der Waals surface area contributed by atoms with Crippen molar-refractivity contribution in [2.75, 3.05) is 19.6 Å². The number of hydrogen-bond donors (Lipinski definition) is 1. The summed E-state index contributed by atoms with van der Waals surface area (Å²) in [6.07, 6.45) is 3.45. The molecule has 1 aromatic heterocycles. The first kappa shape index (κ1) is 11.7. The van der Waals surface area contributed by atoms with E-state index in [0.29, 0.717) is 0 Å². The summed E-state index contributed by atoms with van der Waals surface area (Å²) in [6.45, 7) is 6.23. The van der Waals surface area contributed by atoms with E-state index in [4.69, 9.17) is 10.2 Å². The highest BCUT2D eigenvalue weighted by atomic mass is 16.3. The Bertz CT molecular complexity index is 313. The van der Waals surface area contributed by atoms with Crippen molar-refractivity contribution in [3.63, 3.8) is 0 Å². The Kier molecular flexibility index (Phi) is 4.02. The summed E-state index contributed by atoms with van der Waals surface area (Å²) in [5.74, 6) is 2.92. The number of nitrogens with zero attached hydrogens (tertiary/aromatic N) is 1. The van der Waals surface area contributed by atoms with Crippen molar-refractivity contribution in [2.45, 2.75) is 32.7 Å². The summed E-state index contributed by atoms with van der Waals surface area (Å²) in [7, 11) is 0. The second kappa shape index (κ2) is 5.51. The highest BCUT2D eigenvalue weighted by molar-refractivity contribution is 5.07. The second-order valence-corrected chi connectivity index (χ2v) is 4.68. The summed E-state index contributed by atoms with van der Waals surface area (Å²) in [5, 5.41) is 0. The predicted octanol–water partition coefficient (Wildman–Crippen LogP) is 2.01. The Morgan fingerprint density at radius 2 is 2.00 bits per heavy atom. The molecule has 0 amide bonds. The molecule has 2 rings (SSSR count). The van der Waals surface area contributed by atoms with Crippen molar-refractivity contribution in [3.8, 4) is 0 Å². The average Bonchev–Trinajstić information content (AvgIpc) is 2.78. The van der Waals surface area contributed by atoms with E-state index >= 15 is 0 Å². The van der Waals surface area contributed by atoms with Crippen LogP contribution in [0.4, 0.5) is 0 Å². The Morgan fingerprint density at radius 1 is 1.31 bits per heavy atom. The zero-order chi connectivity index (χ0) is 11.4. The summed E-state index contributed by atoms with van der Waals surface area (Å²) >= 11 is 0. The largest absolute Gasteiger partial charge is 0.465 e. The molecule has 16 heavy (non-hydrogen) atoms. The van der Waals surface area contributed by atoms with Gasteiger partial charge in [0, 0.05) is 6.42 Å². The van der Waals surface area contributed by atoms with Crippen LogP contribution in [0.2, 0.25) is 0 Å². The molecule has 2 N–H and O–H groups in total. The van der Waals surface area contributed by atoms with Gasteiger partial charge in [-0.15, -0.1) is 0 Å². The number of hydrogen-bond acceptors (Lipinski definition) is 3. The van der Waals surface area contributed by atoms with Gasteiger partial charge in [-0.2, -0.15) is 0 Å². The number of furan rings is 1. The Morgan fingerprint density at radius 3 is 2.56 bits per heavy atom. The van der Waals surface area contributed by atoms with Gasteiger partial charge in [0.1, 0.15) is 11.5 Å². The molecule has 1 fully saturated rings. The van der Waals surface area contributed by atoms with Crippen LogP contribution in [0, 0.1) is 5.92 Å². The molecule has 0 radical (unpaired) electrons. The van der Waals surface area contributed by atoms with Crippen molar-refractivity contribution >= 4 is 0 Å². The SMILES string of the molecule is CCc1ccc(CN2CCC(CN)CC2)o1. The van der Waals surface area contributed by atoms with Crippen LogP contribution >= 0.6 is 0 Å². The summed E-state index contributed by atoms with van der Waals surface area (Å²) < 4.78 is 5.72. The van der Waals surface area contributed by atoms with E-state index in [9.17, 15) is 0 Å². The van der Waals surface area contributed by atoms with Crippen molar-refractivity contribution in [1.82, 2.24) is 4.90 Å². The zero-order valence-corrected chi connectivity index (χ0v) is 10.1. The van der Waals surface area contributed by atoms with E-state index in [1.807, 2.05) is 0 Å². The van der Waals surface area contributed by atoms with E-state index in [1.54, 1.807) is 0 Å². The smallest absolute Gasteiger partial charge is 0.118 e. The molecule has 0 spiro atoms. The third-order valence-electron chi connectivity index (χ3n) is 3.49. The van der Waals surface area contributed by atoms with Crippen molar-refractivity contribution < 1.29 is 4.42 Å². The Balaban J connectivity index is 1.82. The molecule has 3 heteroatoms. The molecule has 0 atom stereocenters. The van der Waals surface area contributed by atoms with E-state index in [-0.39, 0.29) is 0 Å². The Hall–Kier alpha value is -0.800. The molecule has 1 saturated heterocycles. The van der Waals surface area contributed by atoms with Crippen LogP contribution in [0.25, 0.3) is 0 Å². The van der Waals surface area contributed by atoms with Crippen LogP contribution in [0.15, 0.2) is 16.5 Å². The van der Waals surface area contributed by atoms with Crippen LogP contribution < -0.4 is 5.73 Å². The van der Waals surface area contributed by atoms with E-state index in [0.717, 1.165) is 50.0 Å². The van der Waals surface area contributed by atoms with Crippen LogP contribution in [-0.4, -0.2) is 24.5 Å². The minimum atomic E-state index is 0.735. The molecule has 90 valence electrons. The van der Waals surface area contributed by atoms with Gasteiger partial charge in [-0.1, -0.05) is 6.92 Å². The third-order valence-corrected chi connectivity index (χ3v) is 3.49. The van der Waals surface area contributed by atoms with Gasteiger partial charge in [0.2, 0.25) is 0 Å². The highest BCUT2D eigenvalue weighted by Gasteiger charge is 2.18. The molecule has 0 bridgehead atoms. The van der Waals surface area contributed by atoms with Crippen LogP contribution in [0.1, 0.15) is 31.3 Å². The van der Waals surface area contributed by atoms with Gasteiger partial charge in [0.15, 0.2) is 0 Å². The first-order valence-corrected chi connectivity index (χ1v) is 6.31. The molecule has 1 aromatic rings. The van der Waals surface area contributed by atoms with Crippen molar-refractivity contribution in [2.24, 2.45) is 11.7 Å². The van der Waals surface area contributed by atoms with Crippen LogP contribution in [0.3, 0.4) is 0 Å². The van der Waals surface area contributed by atoms with Gasteiger partial charge in [-0.05, 0) is 50.5 Å². The summed E-state index contributed by atoms with van der Waals surface area (Å²) in [5.41, 5.74) is 5.69. The molecule has 0 unspecified atom stereocenters. The minimum absolute atomic E-state index is 0.735. The van der Waals surface area contributed by atoms with Crippen LogP contribution in [0.5, 0.6) is 0 Å². The standard InChI is InChI=1S/C13H22N2O/c1-2-12-3-4-13(16-12)10-15-7-5-11(9-14)6-8-15/h3-4,11H,2,5-10,14H2,1H3. The highest BCUT2D eigenvalue weighted by Crippen LogP contribution is 2.18. The predicted molar refractivity (Wildman–Crippen MR) is 65.1 cm³/mol. The van der Waals surface area contributed by atoms with Gasteiger partial charge in [0.25, 0.3) is 0 Å². The number of rotatable bonds is 4. The van der Waals surface area contributed by atoms with Gasteiger partial charge in [0.05, 0.1) is 6.54 Å². The van der Waals surface area contributed by atoms with Crippen molar-refractivity contribution in [1.29, 1.82) is 0 Å². The maximum Gasteiger partial charge on any atom is 0.118 e. The first-order chi connectivity index (χ1) is 7.81. The van der Waals surface area contributed by atoms with E-state index in [2.05, 4.69) is 24.0 Å². The third kappa shape index (κ3) is 2.86. The van der Waals surface area contributed by atoms with Crippen molar-refractivity contribution in [3.05, 3.63) is 23.7 Å². The lowest BCUT2D eigenvalue weighted by atomic mass is 9.97. The molecule has 1 aliphatic heterocycles. The maximum absolute atomic E-state index is 5.72. The van der Waals surface area contributed by atoms with Gasteiger partial charge < -0.3 is 10.2 Å². The van der Waals surface area contributed by atoms with Gasteiger partial charge in [-0.3, -0.25) is 4.90 Å². The monoisotopic (exact) mass is 222 g/mol. The molecule has 0 aliphatic carbocycles. The summed E-state index contributed by atoms with van der Waals surface area (Å²) in [4.78, 5) is 2.46. The average molecular weight is 222 g/mol. The molecule has 2 heterocycles. The molecule has 0 saturated carbocycles. The number of likely N-dealkylation sites (tertiary alicyclic amines) is 1. The normalized spacial score (nSPS) is 19.1. The fraction of sp³-hybridized carbons (Fsp3) is 0.692. The number of aryl methyl sites for hydroxylation is 1. The number of piperidine rings is 1. The second-order valence-electron chi connectivity index (χ2n) is 4.68. The quantitative estimate of drug-likeness (QED) is 0.847. The molecular weight excluding hydrogens is 200 g/mol. The van der Waals surface area contributed by atoms with E-state index in [1.165, 1.54) is 12.8 Å². The lowest BCUT2D eigenvalue weighted by Crippen LogP contribution is -2.35. The van der Waals surface area contributed by atoms with Gasteiger partial charge in [-0.25, -0.2) is 0 Å². The molecular formula is C13H22N2O. The first-order valence-electron chi connectivity index (χ1n) is 6.31.